The fourth-order valence-corrected chi connectivity index (χ4v) is 1.57. The van der Waals surface area contributed by atoms with Crippen LogP contribution in [0.3, 0.4) is 0 Å². The summed E-state index contributed by atoms with van der Waals surface area (Å²) in [5.74, 6) is 0.352. The number of hydrogen-bond donors (Lipinski definition) is 3. The van der Waals surface area contributed by atoms with Crippen LogP contribution in [0.5, 0.6) is 0 Å². The first-order chi connectivity index (χ1) is 8.61. The van der Waals surface area contributed by atoms with Crippen LogP contribution in [0.2, 0.25) is 0 Å². The smallest absolute Gasteiger partial charge is 0.225 e. The molecule has 0 aliphatic rings. The van der Waals surface area contributed by atoms with Gasteiger partial charge < -0.3 is 21.3 Å². The highest BCUT2D eigenvalue weighted by atomic mass is 16.6. The number of aliphatic hydroxyl groups is 1. The number of hydrogen-bond acceptors (Lipinski definition) is 7. The second kappa shape index (κ2) is 4.94. The van der Waals surface area contributed by atoms with E-state index < -0.39 is 6.29 Å². The summed E-state index contributed by atoms with van der Waals surface area (Å²) >= 11 is 0. The molecule has 7 nitrogen and oxygen atoms in total. The SMILES string of the molecule is COC(O)c1ccccc1-c1nc(N)nc(N)n1. The molecule has 7 heteroatoms. The van der Waals surface area contributed by atoms with Crippen LogP contribution in [-0.2, 0) is 4.74 Å². The summed E-state index contributed by atoms with van der Waals surface area (Å²) in [6.45, 7) is 0. The van der Waals surface area contributed by atoms with Gasteiger partial charge >= 0.3 is 0 Å². The maximum Gasteiger partial charge on any atom is 0.225 e. The van der Waals surface area contributed by atoms with E-state index in [1.807, 2.05) is 0 Å². The van der Waals surface area contributed by atoms with Crippen molar-refractivity contribution in [2.24, 2.45) is 0 Å². The van der Waals surface area contributed by atoms with E-state index in [4.69, 9.17) is 16.2 Å². The number of aliphatic hydroxyl groups excluding tert-OH is 1. The lowest BCUT2D eigenvalue weighted by Gasteiger charge is -2.13. The Morgan fingerprint density at radius 2 is 1.72 bits per heavy atom. The first-order valence-electron chi connectivity index (χ1n) is 5.19. The quantitative estimate of drug-likeness (QED) is 0.669. The van der Waals surface area contributed by atoms with Gasteiger partial charge in [-0.2, -0.15) is 15.0 Å². The normalized spacial score (nSPS) is 12.3. The van der Waals surface area contributed by atoms with Crippen LogP contribution in [0.25, 0.3) is 11.4 Å². The molecule has 1 atom stereocenters. The molecule has 1 heterocycles. The lowest BCUT2D eigenvalue weighted by atomic mass is 10.1. The topological polar surface area (TPSA) is 120 Å². The van der Waals surface area contributed by atoms with Crippen LogP contribution < -0.4 is 11.5 Å². The first kappa shape index (κ1) is 12.2. The highest BCUT2D eigenvalue weighted by Crippen LogP contribution is 2.26. The number of aromatic nitrogens is 3. The van der Waals surface area contributed by atoms with Crippen LogP contribution in [0, 0.1) is 0 Å². The van der Waals surface area contributed by atoms with E-state index in [2.05, 4.69) is 15.0 Å². The molecule has 0 spiro atoms. The van der Waals surface area contributed by atoms with Gasteiger partial charge in [-0.05, 0) is 0 Å². The molecule has 0 fully saturated rings. The van der Waals surface area contributed by atoms with Gasteiger partial charge in [0.15, 0.2) is 12.1 Å². The zero-order valence-corrected chi connectivity index (χ0v) is 9.74. The molecule has 0 bridgehead atoms. The third-order valence-electron chi connectivity index (χ3n) is 2.36. The van der Waals surface area contributed by atoms with Crippen LogP contribution in [0.4, 0.5) is 11.9 Å². The molecule has 2 rings (SSSR count). The summed E-state index contributed by atoms with van der Waals surface area (Å²) in [5, 5.41) is 9.75. The molecule has 5 N–H and O–H groups in total. The molecule has 1 aromatic carbocycles. The average Bonchev–Trinajstić information content (AvgIpc) is 2.36. The molecule has 1 unspecified atom stereocenters. The zero-order chi connectivity index (χ0) is 13.1. The number of methoxy groups -OCH3 is 1. The summed E-state index contributed by atoms with van der Waals surface area (Å²) in [5.41, 5.74) is 12.2. The van der Waals surface area contributed by atoms with E-state index in [0.717, 1.165) is 0 Å². The van der Waals surface area contributed by atoms with Crippen molar-refractivity contribution in [3.63, 3.8) is 0 Å². The highest BCUT2D eigenvalue weighted by Gasteiger charge is 2.15. The van der Waals surface area contributed by atoms with E-state index >= 15 is 0 Å². The number of benzene rings is 1. The van der Waals surface area contributed by atoms with Crippen LogP contribution >= 0.6 is 0 Å². The van der Waals surface area contributed by atoms with Gasteiger partial charge in [0.05, 0.1) is 0 Å². The lowest BCUT2D eigenvalue weighted by Crippen LogP contribution is -2.07. The van der Waals surface area contributed by atoms with Crippen LogP contribution in [0.1, 0.15) is 11.9 Å². The van der Waals surface area contributed by atoms with Crippen LogP contribution in [-0.4, -0.2) is 27.2 Å². The van der Waals surface area contributed by atoms with Gasteiger partial charge in [0.2, 0.25) is 11.9 Å². The number of nitrogen functional groups attached to an aromatic ring is 2. The predicted octanol–water partition coefficient (Wildman–Crippen LogP) is 0.340. The summed E-state index contributed by atoms with van der Waals surface area (Å²) in [4.78, 5) is 11.7. The maximum atomic E-state index is 9.75. The molecule has 18 heavy (non-hydrogen) atoms. The van der Waals surface area contributed by atoms with Crippen molar-refractivity contribution >= 4 is 11.9 Å². The molecular formula is C11H13N5O2. The predicted molar refractivity (Wildman–Crippen MR) is 66.1 cm³/mol. The minimum absolute atomic E-state index is 0.0270. The standard InChI is InChI=1S/C11H13N5O2/c1-18-9(17)7-5-3-2-4-6(7)8-14-10(12)16-11(13)15-8/h2-5,9,17H,1H3,(H4,12,13,14,15,16). The first-order valence-corrected chi connectivity index (χ1v) is 5.19. The summed E-state index contributed by atoms with van der Waals surface area (Å²) < 4.78 is 4.88. The summed E-state index contributed by atoms with van der Waals surface area (Å²) in [6, 6.07) is 7.01. The Morgan fingerprint density at radius 3 is 2.33 bits per heavy atom. The lowest BCUT2D eigenvalue weighted by molar-refractivity contribution is -0.0765. The van der Waals surface area contributed by atoms with E-state index in [0.29, 0.717) is 17.0 Å². The molecule has 0 radical (unpaired) electrons. The Hall–Kier alpha value is -2.25. The molecule has 0 aliphatic heterocycles. The third kappa shape index (κ3) is 2.36. The Morgan fingerprint density at radius 1 is 1.11 bits per heavy atom. The van der Waals surface area contributed by atoms with E-state index in [9.17, 15) is 5.11 Å². The Labute approximate surface area is 103 Å². The molecule has 1 aromatic heterocycles. The highest BCUT2D eigenvalue weighted by molar-refractivity contribution is 5.62. The molecule has 94 valence electrons. The number of nitrogens with two attached hydrogens (primary N) is 2. The van der Waals surface area contributed by atoms with Crippen molar-refractivity contribution in [2.75, 3.05) is 18.6 Å². The van der Waals surface area contributed by atoms with E-state index in [-0.39, 0.29) is 11.9 Å². The van der Waals surface area contributed by atoms with Crippen molar-refractivity contribution in [1.82, 2.24) is 15.0 Å². The van der Waals surface area contributed by atoms with E-state index in [1.54, 1.807) is 24.3 Å². The zero-order valence-electron chi connectivity index (χ0n) is 9.74. The van der Waals surface area contributed by atoms with Gasteiger partial charge in [0.25, 0.3) is 0 Å². The van der Waals surface area contributed by atoms with Gasteiger partial charge in [0.1, 0.15) is 0 Å². The van der Waals surface area contributed by atoms with Crippen molar-refractivity contribution in [3.8, 4) is 11.4 Å². The molecular weight excluding hydrogens is 234 g/mol. The second-order valence-electron chi connectivity index (χ2n) is 3.55. The summed E-state index contributed by atoms with van der Waals surface area (Å²) in [7, 11) is 1.40. The van der Waals surface area contributed by atoms with Gasteiger partial charge in [-0.15, -0.1) is 0 Å². The molecule has 0 saturated heterocycles. The molecule has 0 amide bonds. The number of anilines is 2. The Kier molecular flexibility index (Phi) is 3.35. The average molecular weight is 247 g/mol. The minimum Gasteiger partial charge on any atom is -0.368 e. The van der Waals surface area contributed by atoms with Crippen molar-refractivity contribution in [2.45, 2.75) is 6.29 Å². The number of ether oxygens (including phenoxy) is 1. The monoisotopic (exact) mass is 247 g/mol. The van der Waals surface area contributed by atoms with Crippen molar-refractivity contribution < 1.29 is 9.84 Å². The molecule has 0 aliphatic carbocycles. The van der Waals surface area contributed by atoms with Crippen molar-refractivity contribution in [3.05, 3.63) is 29.8 Å². The number of nitrogens with zero attached hydrogens (tertiary/aromatic N) is 3. The fourth-order valence-electron chi connectivity index (χ4n) is 1.57. The number of rotatable bonds is 3. The Balaban J connectivity index is 2.56. The van der Waals surface area contributed by atoms with Gasteiger partial charge in [-0.3, -0.25) is 0 Å². The van der Waals surface area contributed by atoms with Gasteiger partial charge in [-0.25, -0.2) is 0 Å². The van der Waals surface area contributed by atoms with Gasteiger partial charge in [-0.1, -0.05) is 24.3 Å². The molecule has 0 saturated carbocycles. The molecule has 2 aromatic rings. The maximum absolute atomic E-state index is 9.75. The van der Waals surface area contributed by atoms with Gasteiger partial charge in [0, 0.05) is 18.2 Å². The van der Waals surface area contributed by atoms with Crippen LogP contribution in [0.15, 0.2) is 24.3 Å². The fraction of sp³-hybridized carbons (Fsp3) is 0.182. The Bertz CT molecular complexity index is 541. The summed E-state index contributed by atoms with van der Waals surface area (Å²) in [6.07, 6.45) is -1.07. The second-order valence-corrected chi connectivity index (χ2v) is 3.55. The van der Waals surface area contributed by atoms with Crippen molar-refractivity contribution in [1.29, 1.82) is 0 Å². The van der Waals surface area contributed by atoms with E-state index in [1.165, 1.54) is 7.11 Å². The minimum atomic E-state index is -1.07. The largest absolute Gasteiger partial charge is 0.368 e. The third-order valence-corrected chi connectivity index (χ3v) is 2.36.